The van der Waals surface area contributed by atoms with Gasteiger partial charge in [-0.25, -0.2) is 4.39 Å². The van der Waals surface area contributed by atoms with E-state index in [4.69, 9.17) is 4.74 Å². The van der Waals surface area contributed by atoms with Gasteiger partial charge in [0.2, 0.25) is 0 Å². The maximum absolute atomic E-state index is 13.8. The summed E-state index contributed by atoms with van der Waals surface area (Å²) in [5.74, 6) is 0.0286. The maximum Gasteiger partial charge on any atom is 0.251 e. The number of morpholine rings is 1. The van der Waals surface area contributed by atoms with E-state index in [-0.39, 0.29) is 23.9 Å². The van der Waals surface area contributed by atoms with Crippen molar-refractivity contribution in [1.82, 2.24) is 20.0 Å². The Morgan fingerprint density at radius 3 is 2.96 bits per heavy atom. The van der Waals surface area contributed by atoms with E-state index in [1.54, 1.807) is 10.7 Å². The molecule has 1 aliphatic rings. The molecule has 0 unspecified atom stereocenters. The van der Waals surface area contributed by atoms with Crippen LogP contribution < -0.4 is 5.32 Å². The van der Waals surface area contributed by atoms with Gasteiger partial charge < -0.3 is 10.1 Å². The molecule has 2 aromatic rings. The molecule has 1 saturated heterocycles. The van der Waals surface area contributed by atoms with E-state index >= 15 is 0 Å². The molecule has 6 nitrogen and oxygen atoms in total. The number of carbonyl (C=O) groups is 1. The number of hydrogen-bond acceptors (Lipinski definition) is 5. The predicted molar refractivity (Wildman–Crippen MR) is 104 cm³/mol. The zero-order valence-corrected chi connectivity index (χ0v) is 16.6. The van der Waals surface area contributed by atoms with Gasteiger partial charge in [-0.05, 0) is 37.1 Å². The summed E-state index contributed by atoms with van der Waals surface area (Å²) in [6.45, 7) is 1.81. The lowest BCUT2D eigenvalue weighted by molar-refractivity contribution is -0.0605. The first-order valence-corrected chi connectivity index (χ1v) is 10.2. The third-order valence-electron chi connectivity index (χ3n) is 4.74. The van der Waals surface area contributed by atoms with Crippen molar-refractivity contribution in [3.05, 3.63) is 53.1 Å². The Morgan fingerprint density at radius 1 is 1.44 bits per heavy atom. The molecule has 0 aliphatic carbocycles. The van der Waals surface area contributed by atoms with Crippen LogP contribution in [0.25, 0.3) is 0 Å². The fraction of sp³-hybridized carbons (Fsp3) is 0.474. The molecule has 0 radical (unpaired) electrons. The molecular weight excluding hydrogens is 367 g/mol. The molecule has 8 heteroatoms. The van der Waals surface area contributed by atoms with Crippen LogP contribution >= 0.6 is 11.8 Å². The second-order valence-corrected chi connectivity index (χ2v) is 7.60. The van der Waals surface area contributed by atoms with Gasteiger partial charge in [-0.1, -0.05) is 0 Å². The molecule has 1 aliphatic heterocycles. The maximum atomic E-state index is 13.8. The summed E-state index contributed by atoms with van der Waals surface area (Å²) in [7, 11) is 3.92. The number of carbonyl (C=O) groups excluding carboxylic acids is 1. The summed E-state index contributed by atoms with van der Waals surface area (Å²) < 4.78 is 21.5. The van der Waals surface area contributed by atoms with E-state index in [0.717, 1.165) is 12.1 Å². The van der Waals surface area contributed by atoms with Crippen LogP contribution in [0.1, 0.15) is 27.5 Å². The number of thioether (sulfide) groups is 1. The third kappa shape index (κ3) is 4.69. The van der Waals surface area contributed by atoms with Gasteiger partial charge in [0.1, 0.15) is 5.82 Å². The number of nitrogens with one attached hydrogen (secondary N) is 1. The number of amides is 1. The van der Waals surface area contributed by atoms with E-state index in [0.29, 0.717) is 30.0 Å². The second kappa shape index (κ2) is 8.86. The molecule has 1 amide bonds. The van der Waals surface area contributed by atoms with E-state index in [1.165, 1.54) is 23.9 Å². The fourth-order valence-corrected chi connectivity index (χ4v) is 3.90. The van der Waals surface area contributed by atoms with Gasteiger partial charge in [0, 0.05) is 43.2 Å². The number of ether oxygens (including phenoxy) is 1. The number of halogens is 1. The van der Waals surface area contributed by atoms with Gasteiger partial charge >= 0.3 is 0 Å². The molecular formula is C19H25FN4O2S. The van der Waals surface area contributed by atoms with Gasteiger partial charge in [0.25, 0.3) is 5.91 Å². The molecule has 0 saturated carbocycles. The first-order chi connectivity index (χ1) is 13.0. The average molecular weight is 393 g/mol. The van der Waals surface area contributed by atoms with E-state index in [2.05, 4.69) is 15.3 Å². The number of benzene rings is 1. The lowest BCUT2D eigenvalue weighted by Gasteiger charge is -2.38. The van der Waals surface area contributed by atoms with Crippen LogP contribution in [0.3, 0.4) is 0 Å². The first kappa shape index (κ1) is 19.9. The summed E-state index contributed by atoms with van der Waals surface area (Å²) in [5.41, 5.74) is 2.06. The van der Waals surface area contributed by atoms with Crippen molar-refractivity contribution in [2.24, 2.45) is 7.05 Å². The van der Waals surface area contributed by atoms with Gasteiger partial charge in [0.05, 0.1) is 24.9 Å². The molecule has 1 aromatic carbocycles. The minimum Gasteiger partial charge on any atom is -0.373 e. The SMILES string of the molecule is CSCc1cc(C(=O)NC[C@@H]2OCCN(C)[C@H]2c2cnn(C)c2)ccc1F. The molecule has 0 bridgehead atoms. The third-order valence-corrected chi connectivity index (χ3v) is 5.34. The highest BCUT2D eigenvalue weighted by Gasteiger charge is 2.32. The minimum atomic E-state index is -0.283. The van der Waals surface area contributed by atoms with Crippen molar-refractivity contribution in [1.29, 1.82) is 0 Å². The molecule has 1 fully saturated rings. The lowest BCUT2D eigenvalue weighted by atomic mass is 10.0. The number of aromatic nitrogens is 2. The van der Waals surface area contributed by atoms with E-state index in [9.17, 15) is 9.18 Å². The number of rotatable bonds is 6. The van der Waals surface area contributed by atoms with Crippen LogP contribution in [0.15, 0.2) is 30.6 Å². The molecule has 2 atom stereocenters. The molecule has 3 rings (SSSR count). The quantitative estimate of drug-likeness (QED) is 0.817. The van der Waals surface area contributed by atoms with Crippen LogP contribution in [0.4, 0.5) is 4.39 Å². The monoisotopic (exact) mass is 392 g/mol. The zero-order valence-electron chi connectivity index (χ0n) is 15.8. The van der Waals surface area contributed by atoms with Crippen LogP contribution in [-0.2, 0) is 17.5 Å². The Kier molecular flexibility index (Phi) is 6.51. The zero-order chi connectivity index (χ0) is 19.4. The molecule has 146 valence electrons. The van der Waals surface area contributed by atoms with Gasteiger partial charge in [-0.2, -0.15) is 16.9 Å². The molecule has 2 heterocycles. The van der Waals surface area contributed by atoms with E-state index < -0.39 is 0 Å². The van der Waals surface area contributed by atoms with Crippen LogP contribution in [0.2, 0.25) is 0 Å². The molecule has 1 N–H and O–H groups in total. The van der Waals surface area contributed by atoms with Crippen molar-refractivity contribution in [2.45, 2.75) is 17.9 Å². The average Bonchev–Trinajstić information content (AvgIpc) is 3.07. The van der Waals surface area contributed by atoms with Crippen LogP contribution in [0, 0.1) is 5.82 Å². The number of aryl methyl sites for hydroxylation is 1. The second-order valence-electron chi connectivity index (χ2n) is 6.73. The Labute approximate surface area is 163 Å². The largest absolute Gasteiger partial charge is 0.373 e. The van der Waals surface area contributed by atoms with Crippen molar-refractivity contribution in [2.75, 3.05) is 33.0 Å². The molecule has 0 spiro atoms. The number of nitrogens with zero attached hydrogens (tertiary/aromatic N) is 3. The van der Waals surface area contributed by atoms with Gasteiger partial charge in [0.15, 0.2) is 0 Å². The highest BCUT2D eigenvalue weighted by Crippen LogP contribution is 2.27. The highest BCUT2D eigenvalue weighted by atomic mass is 32.2. The predicted octanol–water partition coefficient (Wildman–Crippen LogP) is 2.22. The lowest BCUT2D eigenvalue weighted by Crippen LogP contribution is -2.48. The summed E-state index contributed by atoms with van der Waals surface area (Å²) >= 11 is 1.52. The smallest absolute Gasteiger partial charge is 0.251 e. The van der Waals surface area contributed by atoms with E-state index in [1.807, 2.05) is 32.7 Å². The van der Waals surface area contributed by atoms with Crippen molar-refractivity contribution in [3.8, 4) is 0 Å². The number of hydrogen-bond donors (Lipinski definition) is 1. The van der Waals surface area contributed by atoms with Crippen molar-refractivity contribution >= 4 is 17.7 Å². The summed E-state index contributed by atoms with van der Waals surface area (Å²) in [6.07, 6.45) is 5.53. The fourth-order valence-electron chi connectivity index (χ4n) is 3.37. The highest BCUT2D eigenvalue weighted by molar-refractivity contribution is 7.97. The Bertz CT molecular complexity index is 798. The first-order valence-electron chi connectivity index (χ1n) is 8.85. The summed E-state index contributed by atoms with van der Waals surface area (Å²) in [5, 5.41) is 7.19. The Balaban J connectivity index is 1.69. The summed E-state index contributed by atoms with van der Waals surface area (Å²) in [4.78, 5) is 14.8. The number of likely N-dealkylation sites (N-methyl/N-ethyl adjacent to an activating group) is 1. The summed E-state index contributed by atoms with van der Waals surface area (Å²) in [6, 6.07) is 4.51. The Hall–Kier alpha value is -1.90. The van der Waals surface area contributed by atoms with Crippen molar-refractivity contribution < 1.29 is 13.9 Å². The normalized spacial score (nSPS) is 20.6. The van der Waals surface area contributed by atoms with Gasteiger partial charge in [-0.15, -0.1) is 0 Å². The van der Waals surface area contributed by atoms with Gasteiger partial charge in [-0.3, -0.25) is 14.4 Å². The molecule has 27 heavy (non-hydrogen) atoms. The minimum absolute atomic E-state index is 0.0213. The van der Waals surface area contributed by atoms with Crippen LogP contribution in [0.5, 0.6) is 0 Å². The standard InChI is InChI=1S/C19H25FN4O2S/c1-23-6-7-26-17(18(23)15-9-22-24(2)11-15)10-21-19(25)13-4-5-16(20)14(8-13)12-27-3/h4-5,8-9,11,17-18H,6-7,10,12H2,1-3H3,(H,21,25)/t17-,18-/m0/s1. The topological polar surface area (TPSA) is 59.4 Å². The van der Waals surface area contributed by atoms with Crippen molar-refractivity contribution in [3.63, 3.8) is 0 Å². The molecule has 1 aromatic heterocycles. The Morgan fingerprint density at radius 2 is 2.26 bits per heavy atom. The van der Waals surface area contributed by atoms with Crippen LogP contribution in [-0.4, -0.2) is 59.7 Å².